The monoisotopic (exact) mass is 506 g/mol. The van der Waals surface area contributed by atoms with Gasteiger partial charge in [-0.3, -0.25) is 9.88 Å². The first kappa shape index (κ1) is 25.9. The van der Waals surface area contributed by atoms with Gasteiger partial charge in [0.1, 0.15) is 11.6 Å². The first-order valence-electron chi connectivity index (χ1n) is 11.7. The largest absolute Gasteiger partial charge is 0.491 e. The molecule has 4 rings (SSSR count). The van der Waals surface area contributed by atoms with Gasteiger partial charge in [-0.25, -0.2) is 9.89 Å². The molecule has 3 aromatic rings. The van der Waals surface area contributed by atoms with Crippen molar-refractivity contribution in [1.29, 1.82) is 0 Å². The zero-order chi connectivity index (χ0) is 25.9. The Balaban J connectivity index is 1.62. The van der Waals surface area contributed by atoms with E-state index in [0.717, 1.165) is 17.7 Å². The lowest BCUT2D eigenvalue weighted by Crippen LogP contribution is -2.46. The quantitative estimate of drug-likeness (QED) is 0.465. The normalized spacial score (nSPS) is 20.0. The number of rotatable bonds is 8. The number of ether oxygens (including phenoxy) is 3. The van der Waals surface area contributed by atoms with Crippen LogP contribution in [0.2, 0.25) is 0 Å². The van der Waals surface area contributed by atoms with Crippen LogP contribution in [0, 0.1) is 0 Å². The summed E-state index contributed by atoms with van der Waals surface area (Å²) in [6.07, 6.45) is -6.34. The van der Waals surface area contributed by atoms with Crippen LogP contribution in [0.5, 0.6) is 5.75 Å². The summed E-state index contributed by atoms with van der Waals surface area (Å²) in [5.74, 6) is 0.585. The molecule has 0 radical (unpaired) electrons. The van der Waals surface area contributed by atoms with Gasteiger partial charge in [0.05, 0.1) is 37.0 Å². The van der Waals surface area contributed by atoms with Crippen LogP contribution in [0.25, 0.3) is 0 Å². The average molecular weight is 507 g/mol. The fourth-order valence-corrected chi connectivity index (χ4v) is 4.21. The lowest BCUT2D eigenvalue weighted by Gasteiger charge is -2.41. The van der Waals surface area contributed by atoms with Crippen molar-refractivity contribution in [2.24, 2.45) is 0 Å². The summed E-state index contributed by atoms with van der Waals surface area (Å²) in [6.45, 7) is 6.39. The number of morpholine rings is 1. The SMILES string of the molecule is CC(C)Oc1cc(C(C)OC2OCCN(Cc3n[nH]c(=O)[nH]3)C2c2ccccc2)cc(C(F)(F)F)c1. The predicted octanol–water partition coefficient (Wildman–Crippen LogP) is 4.58. The van der Waals surface area contributed by atoms with Gasteiger partial charge in [0, 0.05) is 6.54 Å². The fourth-order valence-electron chi connectivity index (χ4n) is 4.21. The van der Waals surface area contributed by atoms with Gasteiger partial charge in [0.2, 0.25) is 0 Å². The van der Waals surface area contributed by atoms with Gasteiger partial charge in [-0.05, 0) is 50.1 Å². The molecule has 2 heterocycles. The fraction of sp³-hybridized carbons (Fsp3) is 0.440. The van der Waals surface area contributed by atoms with Crippen LogP contribution in [0.3, 0.4) is 0 Å². The van der Waals surface area contributed by atoms with Crippen molar-refractivity contribution in [3.05, 3.63) is 81.5 Å². The van der Waals surface area contributed by atoms with E-state index in [-0.39, 0.29) is 17.9 Å². The Morgan fingerprint density at radius 1 is 1.17 bits per heavy atom. The van der Waals surface area contributed by atoms with E-state index in [1.807, 2.05) is 30.3 Å². The molecule has 1 aliphatic rings. The second-order valence-corrected chi connectivity index (χ2v) is 8.92. The molecule has 8 nitrogen and oxygen atoms in total. The molecule has 3 unspecified atom stereocenters. The summed E-state index contributed by atoms with van der Waals surface area (Å²) in [5.41, 5.74) is 0.0177. The van der Waals surface area contributed by atoms with Crippen molar-refractivity contribution >= 4 is 0 Å². The number of aromatic amines is 2. The molecule has 0 bridgehead atoms. The van der Waals surface area contributed by atoms with Crippen molar-refractivity contribution in [2.75, 3.05) is 13.2 Å². The summed E-state index contributed by atoms with van der Waals surface area (Å²) in [6, 6.07) is 12.8. The van der Waals surface area contributed by atoms with Crippen LogP contribution in [0.4, 0.5) is 13.2 Å². The third-order valence-electron chi connectivity index (χ3n) is 5.79. The number of alkyl halides is 3. The number of nitrogens with zero attached hydrogens (tertiary/aromatic N) is 2. The Kier molecular flexibility index (Phi) is 7.82. The minimum Gasteiger partial charge on any atom is -0.491 e. The number of hydrogen-bond acceptors (Lipinski definition) is 6. The summed E-state index contributed by atoms with van der Waals surface area (Å²) in [7, 11) is 0. The van der Waals surface area contributed by atoms with Gasteiger partial charge < -0.3 is 14.2 Å². The topological polar surface area (TPSA) is 92.5 Å². The van der Waals surface area contributed by atoms with E-state index in [9.17, 15) is 18.0 Å². The number of hydrogen-bond donors (Lipinski definition) is 2. The Labute approximate surface area is 206 Å². The van der Waals surface area contributed by atoms with Gasteiger partial charge in [-0.1, -0.05) is 30.3 Å². The molecular weight excluding hydrogens is 477 g/mol. The van der Waals surface area contributed by atoms with Gasteiger partial charge in [0.15, 0.2) is 6.29 Å². The molecule has 3 atom stereocenters. The van der Waals surface area contributed by atoms with E-state index in [2.05, 4.69) is 20.1 Å². The molecule has 11 heteroatoms. The summed E-state index contributed by atoms with van der Waals surface area (Å²) in [5, 5.41) is 6.36. The molecule has 2 aromatic carbocycles. The molecular formula is C25H29F3N4O4. The first-order chi connectivity index (χ1) is 17.1. The van der Waals surface area contributed by atoms with Crippen LogP contribution in [-0.2, 0) is 22.2 Å². The molecule has 36 heavy (non-hydrogen) atoms. The Morgan fingerprint density at radius 2 is 1.92 bits per heavy atom. The van der Waals surface area contributed by atoms with Crippen LogP contribution >= 0.6 is 0 Å². The molecule has 0 aliphatic carbocycles. The highest BCUT2D eigenvalue weighted by Crippen LogP contribution is 2.38. The molecule has 2 N–H and O–H groups in total. The highest BCUT2D eigenvalue weighted by Gasteiger charge is 2.37. The first-order valence-corrected chi connectivity index (χ1v) is 11.7. The molecule has 194 valence electrons. The zero-order valence-electron chi connectivity index (χ0n) is 20.2. The minimum atomic E-state index is -4.53. The average Bonchev–Trinajstić information content (AvgIpc) is 3.23. The number of nitrogens with one attached hydrogen (secondary N) is 2. The zero-order valence-corrected chi connectivity index (χ0v) is 20.2. The third-order valence-corrected chi connectivity index (χ3v) is 5.79. The lowest BCUT2D eigenvalue weighted by atomic mass is 10.0. The Hall–Kier alpha value is -3.15. The van der Waals surface area contributed by atoms with Crippen LogP contribution in [0.15, 0.2) is 53.3 Å². The van der Waals surface area contributed by atoms with Crippen molar-refractivity contribution in [3.63, 3.8) is 0 Å². The molecule has 0 spiro atoms. The highest BCUT2D eigenvalue weighted by molar-refractivity contribution is 5.37. The molecule has 1 aromatic heterocycles. The van der Waals surface area contributed by atoms with Crippen LogP contribution < -0.4 is 10.4 Å². The lowest BCUT2D eigenvalue weighted by molar-refractivity contribution is -0.231. The molecule has 1 aliphatic heterocycles. The molecule has 1 saturated heterocycles. The van der Waals surface area contributed by atoms with Gasteiger partial charge in [0.25, 0.3) is 0 Å². The smallest absolute Gasteiger partial charge is 0.416 e. The van der Waals surface area contributed by atoms with Crippen LogP contribution in [0.1, 0.15) is 55.4 Å². The van der Waals surface area contributed by atoms with Crippen molar-refractivity contribution in [1.82, 2.24) is 20.1 Å². The minimum absolute atomic E-state index is 0.124. The maximum atomic E-state index is 13.6. The van der Waals surface area contributed by atoms with Crippen LogP contribution in [-0.4, -0.2) is 45.6 Å². The number of aromatic nitrogens is 3. The highest BCUT2D eigenvalue weighted by atomic mass is 19.4. The van der Waals surface area contributed by atoms with E-state index in [4.69, 9.17) is 14.2 Å². The molecule has 0 saturated carbocycles. The number of H-pyrrole nitrogens is 2. The number of benzene rings is 2. The summed E-state index contributed by atoms with van der Waals surface area (Å²) < 4.78 is 58.6. The standard InChI is InChI=1S/C25H29F3N4O4/c1-15(2)35-20-12-18(11-19(13-20)25(26,27)28)16(3)36-23-22(17-7-5-4-6-8-17)32(9-10-34-23)14-21-29-24(33)31-30-21/h4-8,11-13,15-16,22-23H,9-10,14H2,1-3H3,(H2,29,30,31,33). The van der Waals surface area contributed by atoms with E-state index >= 15 is 0 Å². The summed E-state index contributed by atoms with van der Waals surface area (Å²) in [4.78, 5) is 16.2. The molecule has 1 fully saturated rings. The van der Waals surface area contributed by atoms with Crippen molar-refractivity contribution in [3.8, 4) is 5.75 Å². The van der Waals surface area contributed by atoms with Gasteiger partial charge >= 0.3 is 11.9 Å². The van der Waals surface area contributed by atoms with E-state index in [1.54, 1.807) is 26.8 Å². The molecule has 0 amide bonds. The van der Waals surface area contributed by atoms with Gasteiger partial charge in [-0.2, -0.15) is 18.3 Å². The van der Waals surface area contributed by atoms with Crippen molar-refractivity contribution < 1.29 is 27.4 Å². The predicted molar refractivity (Wildman–Crippen MR) is 125 cm³/mol. The second-order valence-electron chi connectivity index (χ2n) is 8.92. The van der Waals surface area contributed by atoms with E-state index in [1.165, 1.54) is 0 Å². The maximum absolute atomic E-state index is 13.6. The van der Waals surface area contributed by atoms with Crippen molar-refractivity contribution in [2.45, 2.75) is 58.0 Å². The summed E-state index contributed by atoms with van der Waals surface area (Å²) >= 11 is 0. The Morgan fingerprint density at radius 3 is 2.56 bits per heavy atom. The van der Waals surface area contributed by atoms with E-state index < -0.39 is 29.8 Å². The maximum Gasteiger partial charge on any atom is 0.416 e. The van der Waals surface area contributed by atoms with E-state index in [0.29, 0.717) is 31.1 Å². The van der Waals surface area contributed by atoms with Gasteiger partial charge in [-0.15, -0.1) is 0 Å². The second kappa shape index (κ2) is 10.9. The number of halogens is 3. The Bertz CT molecular complexity index is 1200. The third kappa shape index (κ3) is 6.34.